The fourth-order valence-corrected chi connectivity index (χ4v) is 4.64. The highest BCUT2D eigenvalue weighted by atomic mass is 32.9. The minimum absolute atomic E-state index is 0.718. The van der Waals surface area contributed by atoms with Gasteiger partial charge in [-0.2, -0.15) is 0 Å². The zero-order valence-electron chi connectivity index (χ0n) is 8.47. The van der Waals surface area contributed by atoms with Gasteiger partial charge in [-0.1, -0.05) is 53.5 Å². The van der Waals surface area contributed by atoms with Crippen LogP contribution in [0.5, 0.6) is 0 Å². The molecule has 0 aliphatic rings. The molecule has 4 heteroatoms. The Morgan fingerprint density at radius 1 is 1.36 bits per heavy atom. The van der Waals surface area contributed by atoms with Gasteiger partial charge in [-0.3, -0.25) is 0 Å². The van der Waals surface area contributed by atoms with E-state index in [4.69, 9.17) is 16.3 Å². The molecule has 0 aliphatic heterocycles. The first-order chi connectivity index (χ1) is 6.64. The van der Waals surface area contributed by atoms with Gasteiger partial charge < -0.3 is 4.52 Å². The zero-order chi connectivity index (χ0) is 10.4. The van der Waals surface area contributed by atoms with Crippen molar-refractivity contribution in [1.82, 2.24) is 0 Å². The van der Waals surface area contributed by atoms with E-state index in [-0.39, 0.29) is 0 Å². The van der Waals surface area contributed by atoms with Crippen molar-refractivity contribution in [2.24, 2.45) is 0 Å². The van der Waals surface area contributed by atoms with E-state index in [0.29, 0.717) is 0 Å². The fraction of sp³-hybridized carbons (Fsp3) is 0.400. The minimum atomic E-state index is -1.61. The van der Waals surface area contributed by atoms with Crippen LogP contribution in [0.2, 0.25) is 0 Å². The van der Waals surface area contributed by atoms with E-state index < -0.39 is 5.47 Å². The molecule has 0 saturated heterocycles. The maximum atomic E-state index is 5.54. The van der Waals surface area contributed by atoms with E-state index in [1.54, 1.807) is 11.4 Å². The third-order valence-corrected chi connectivity index (χ3v) is 6.71. The molecular weight excluding hydrogens is 231 g/mol. The normalized spacial score (nSPS) is 15.0. The standard InChI is InChI=1S/C10H15OPS2/c1-3-11-12(2,13)14-9-10-7-5-4-6-8-10/h4-8H,3,9H2,1-2H3. The summed E-state index contributed by atoms with van der Waals surface area (Å²) >= 11 is 7.15. The smallest absolute Gasteiger partial charge is 0.117 e. The molecule has 0 aromatic heterocycles. The Morgan fingerprint density at radius 3 is 2.57 bits per heavy atom. The lowest BCUT2D eigenvalue weighted by Crippen LogP contribution is -1.85. The highest BCUT2D eigenvalue weighted by Crippen LogP contribution is 2.57. The van der Waals surface area contributed by atoms with Crippen LogP contribution in [0, 0.1) is 0 Å². The SMILES string of the molecule is CCOP(C)(=S)SCc1ccccc1. The van der Waals surface area contributed by atoms with Crippen LogP contribution in [0.25, 0.3) is 0 Å². The van der Waals surface area contributed by atoms with Crippen LogP contribution < -0.4 is 0 Å². The molecular formula is C10H15OPS2. The van der Waals surface area contributed by atoms with Crippen LogP contribution >= 0.6 is 16.8 Å². The van der Waals surface area contributed by atoms with Crippen LogP contribution in [0.4, 0.5) is 0 Å². The van der Waals surface area contributed by atoms with Gasteiger partial charge in [-0.05, 0) is 19.2 Å². The second-order valence-electron chi connectivity index (χ2n) is 2.95. The van der Waals surface area contributed by atoms with E-state index in [1.165, 1.54) is 5.56 Å². The first kappa shape index (κ1) is 12.3. The molecule has 78 valence electrons. The van der Waals surface area contributed by atoms with Crippen LogP contribution in [0.3, 0.4) is 0 Å². The molecule has 1 aromatic rings. The first-order valence-corrected chi connectivity index (χ1v) is 9.30. The van der Waals surface area contributed by atoms with Crippen molar-refractivity contribution in [3.05, 3.63) is 35.9 Å². The highest BCUT2D eigenvalue weighted by Gasteiger charge is 2.09. The van der Waals surface area contributed by atoms with Crippen molar-refractivity contribution in [2.45, 2.75) is 12.7 Å². The summed E-state index contributed by atoms with van der Waals surface area (Å²) in [6.45, 7) is 4.75. The van der Waals surface area contributed by atoms with E-state index in [2.05, 4.69) is 24.3 Å². The zero-order valence-corrected chi connectivity index (χ0v) is 11.0. The van der Waals surface area contributed by atoms with Gasteiger partial charge in [0.2, 0.25) is 0 Å². The molecule has 0 aliphatic carbocycles. The fourth-order valence-electron chi connectivity index (χ4n) is 1.04. The molecule has 0 heterocycles. The molecule has 0 spiro atoms. The quantitative estimate of drug-likeness (QED) is 0.729. The van der Waals surface area contributed by atoms with Gasteiger partial charge in [-0.25, -0.2) is 0 Å². The third-order valence-electron chi connectivity index (χ3n) is 1.67. The van der Waals surface area contributed by atoms with Gasteiger partial charge in [0.25, 0.3) is 0 Å². The van der Waals surface area contributed by atoms with Gasteiger partial charge in [0, 0.05) is 12.4 Å². The Kier molecular flexibility index (Phi) is 5.18. The molecule has 0 bridgehead atoms. The van der Waals surface area contributed by atoms with Crippen molar-refractivity contribution < 1.29 is 4.52 Å². The number of hydrogen-bond acceptors (Lipinski definition) is 3. The van der Waals surface area contributed by atoms with Crippen molar-refractivity contribution in [1.29, 1.82) is 0 Å². The molecule has 0 radical (unpaired) electrons. The average molecular weight is 246 g/mol. The second-order valence-corrected chi connectivity index (χ2v) is 10.9. The lowest BCUT2D eigenvalue weighted by Gasteiger charge is -2.15. The summed E-state index contributed by atoms with van der Waals surface area (Å²) in [6, 6.07) is 10.4. The van der Waals surface area contributed by atoms with Gasteiger partial charge >= 0.3 is 0 Å². The van der Waals surface area contributed by atoms with E-state index >= 15 is 0 Å². The van der Waals surface area contributed by atoms with Crippen LogP contribution in [0.15, 0.2) is 30.3 Å². The van der Waals surface area contributed by atoms with E-state index in [9.17, 15) is 0 Å². The van der Waals surface area contributed by atoms with Crippen LogP contribution in [-0.2, 0) is 22.1 Å². The molecule has 1 unspecified atom stereocenters. The highest BCUT2D eigenvalue weighted by molar-refractivity contribution is 8.68. The van der Waals surface area contributed by atoms with Gasteiger partial charge in [0.1, 0.15) is 5.47 Å². The number of rotatable bonds is 5. The maximum absolute atomic E-state index is 5.54. The Hall–Kier alpha value is 0.180. The predicted octanol–water partition coefficient (Wildman–Crippen LogP) is 3.90. The Bertz CT molecular complexity index is 313. The predicted molar refractivity (Wildman–Crippen MR) is 69.6 cm³/mol. The van der Waals surface area contributed by atoms with Gasteiger partial charge in [0.05, 0.1) is 0 Å². The molecule has 1 atom stereocenters. The average Bonchev–Trinajstić information content (AvgIpc) is 2.17. The summed E-state index contributed by atoms with van der Waals surface area (Å²) in [4.78, 5) is 0. The minimum Gasteiger partial charge on any atom is -0.342 e. The number of benzene rings is 1. The molecule has 1 aromatic carbocycles. The van der Waals surface area contributed by atoms with Gasteiger partial charge in [0.15, 0.2) is 0 Å². The monoisotopic (exact) mass is 246 g/mol. The van der Waals surface area contributed by atoms with Crippen molar-refractivity contribution >= 4 is 28.7 Å². The largest absolute Gasteiger partial charge is 0.342 e. The summed E-state index contributed by atoms with van der Waals surface area (Å²) in [5.74, 6) is 0.953. The molecule has 14 heavy (non-hydrogen) atoms. The molecule has 0 fully saturated rings. The topological polar surface area (TPSA) is 9.23 Å². The van der Waals surface area contributed by atoms with Crippen molar-refractivity contribution in [3.63, 3.8) is 0 Å². The summed E-state index contributed by atoms with van der Waals surface area (Å²) in [5, 5.41) is 0. The van der Waals surface area contributed by atoms with Crippen LogP contribution in [0.1, 0.15) is 12.5 Å². The number of hydrogen-bond donors (Lipinski definition) is 0. The molecule has 0 N–H and O–H groups in total. The van der Waals surface area contributed by atoms with Crippen molar-refractivity contribution in [3.8, 4) is 0 Å². The summed E-state index contributed by atoms with van der Waals surface area (Å²) in [5.41, 5.74) is -0.295. The first-order valence-electron chi connectivity index (χ1n) is 4.54. The third kappa shape index (κ3) is 4.61. The van der Waals surface area contributed by atoms with E-state index in [0.717, 1.165) is 12.4 Å². The van der Waals surface area contributed by atoms with E-state index in [1.807, 2.05) is 19.7 Å². The Balaban J connectivity index is 2.45. The Morgan fingerprint density at radius 2 is 2.00 bits per heavy atom. The van der Waals surface area contributed by atoms with Crippen molar-refractivity contribution in [2.75, 3.05) is 13.3 Å². The van der Waals surface area contributed by atoms with Crippen LogP contribution in [-0.4, -0.2) is 13.3 Å². The lowest BCUT2D eigenvalue weighted by atomic mass is 10.2. The lowest BCUT2D eigenvalue weighted by molar-refractivity contribution is 0.388. The summed E-state index contributed by atoms with van der Waals surface area (Å²) in [7, 11) is 0. The van der Waals surface area contributed by atoms with Gasteiger partial charge in [-0.15, -0.1) is 0 Å². The Labute approximate surface area is 95.1 Å². The summed E-state index contributed by atoms with van der Waals surface area (Å²) in [6.07, 6.45) is 0. The molecule has 1 nitrogen and oxygen atoms in total. The maximum Gasteiger partial charge on any atom is 0.117 e. The second kappa shape index (κ2) is 5.92. The molecule has 0 amide bonds. The molecule has 1 rings (SSSR count). The molecule has 0 saturated carbocycles. The summed E-state index contributed by atoms with van der Waals surface area (Å²) < 4.78 is 5.54.